The molecule has 0 aliphatic heterocycles. The van der Waals surface area contributed by atoms with E-state index in [1.165, 1.54) is 16.7 Å². The van der Waals surface area contributed by atoms with Crippen LogP contribution in [0.1, 0.15) is 36.6 Å². The second kappa shape index (κ2) is 7.17. The summed E-state index contributed by atoms with van der Waals surface area (Å²) in [4.78, 5) is 0. The molecule has 2 N–H and O–H groups in total. The zero-order valence-corrected chi connectivity index (χ0v) is 12.8. The largest absolute Gasteiger partial charge is 0.395 e. The Kier molecular flexibility index (Phi) is 6.19. The number of benzene rings is 1. The zero-order valence-electron chi connectivity index (χ0n) is 12.0. The van der Waals surface area contributed by atoms with E-state index in [-0.39, 0.29) is 11.9 Å². The minimum absolute atomic E-state index is 0.217. The van der Waals surface area contributed by atoms with Crippen molar-refractivity contribution in [2.45, 2.75) is 45.0 Å². The number of rotatable bonds is 6. The average molecular weight is 267 g/mol. The maximum absolute atomic E-state index is 9.32. The van der Waals surface area contributed by atoms with Gasteiger partial charge in [0.05, 0.1) is 6.61 Å². The average Bonchev–Trinajstić information content (AvgIpc) is 2.33. The second-order valence-corrected chi connectivity index (χ2v) is 6.07. The number of aliphatic hydroxyl groups is 1. The van der Waals surface area contributed by atoms with Gasteiger partial charge in [-0.2, -0.15) is 11.8 Å². The van der Waals surface area contributed by atoms with E-state index in [1.807, 2.05) is 6.26 Å². The fourth-order valence-electron chi connectivity index (χ4n) is 2.25. The molecule has 102 valence electrons. The summed E-state index contributed by atoms with van der Waals surface area (Å²) in [5, 5.41) is 13.2. The molecule has 3 heteroatoms. The summed E-state index contributed by atoms with van der Waals surface area (Å²) < 4.78 is 0. The summed E-state index contributed by atoms with van der Waals surface area (Å²) in [7, 11) is 0. The van der Waals surface area contributed by atoms with Crippen molar-refractivity contribution in [3.63, 3.8) is 0 Å². The molecule has 1 aromatic carbocycles. The third-order valence-electron chi connectivity index (χ3n) is 3.45. The van der Waals surface area contributed by atoms with Crippen LogP contribution in [0.2, 0.25) is 0 Å². The molecule has 1 aromatic rings. The Balaban J connectivity index is 2.75. The van der Waals surface area contributed by atoms with Crippen molar-refractivity contribution in [2.75, 3.05) is 12.9 Å². The van der Waals surface area contributed by atoms with Crippen molar-refractivity contribution >= 4 is 11.8 Å². The highest BCUT2D eigenvalue weighted by atomic mass is 32.2. The lowest BCUT2D eigenvalue weighted by Gasteiger charge is -2.26. The monoisotopic (exact) mass is 267 g/mol. The van der Waals surface area contributed by atoms with Crippen molar-refractivity contribution in [3.05, 3.63) is 34.9 Å². The van der Waals surface area contributed by atoms with Crippen molar-refractivity contribution in [1.82, 2.24) is 5.32 Å². The van der Waals surface area contributed by atoms with Gasteiger partial charge in [0.1, 0.15) is 0 Å². The molecule has 0 bridgehead atoms. The Morgan fingerprint density at radius 1 is 1.28 bits per heavy atom. The molecule has 0 heterocycles. The van der Waals surface area contributed by atoms with Gasteiger partial charge in [-0.1, -0.05) is 23.8 Å². The van der Waals surface area contributed by atoms with Gasteiger partial charge in [-0.05, 0) is 45.1 Å². The summed E-state index contributed by atoms with van der Waals surface area (Å²) >= 11 is 1.71. The molecule has 3 unspecified atom stereocenters. The van der Waals surface area contributed by atoms with Crippen LogP contribution in [0.4, 0.5) is 0 Å². The second-order valence-electron chi connectivity index (χ2n) is 4.99. The summed E-state index contributed by atoms with van der Waals surface area (Å²) in [6.07, 6.45) is 2.04. The van der Waals surface area contributed by atoms with E-state index in [0.29, 0.717) is 12.1 Å². The third kappa shape index (κ3) is 4.01. The van der Waals surface area contributed by atoms with Crippen LogP contribution in [0.5, 0.6) is 0 Å². The molecular weight excluding hydrogens is 242 g/mol. The lowest BCUT2D eigenvalue weighted by atomic mass is 9.99. The van der Waals surface area contributed by atoms with E-state index in [2.05, 4.69) is 51.2 Å². The minimum atomic E-state index is 0.217. The van der Waals surface area contributed by atoms with E-state index in [0.717, 1.165) is 0 Å². The fourth-order valence-corrected chi connectivity index (χ4v) is 2.89. The van der Waals surface area contributed by atoms with Crippen molar-refractivity contribution in [2.24, 2.45) is 0 Å². The van der Waals surface area contributed by atoms with E-state index in [1.54, 1.807) is 11.8 Å². The van der Waals surface area contributed by atoms with E-state index >= 15 is 0 Å². The Labute approximate surface area is 115 Å². The maximum atomic E-state index is 9.32. The number of thioether (sulfide) groups is 1. The van der Waals surface area contributed by atoms with Gasteiger partial charge in [0.2, 0.25) is 0 Å². The first kappa shape index (κ1) is 15.5. The quantitative estimate of drug-likeness (QED) is 0.831. The molecule has 0 saturated carbocycles. The Bertz CT molecular complexity index is 377. The SMILES string of the molecule is CSC(CO)C(C)NC(C)c1cc(C)ccc1C. The van der Waals surface area contributed by atoms with E-state index in [9.17, 15) is 5.11 Å². The smallest absolute Gasteiger partial charge is 0.0564 e. The number of hydrogen-bond acceptors (Lipinski definition) is 3. The van der Waals surface area contributed by atoms with Gasteiger partial charge >= 0.3 is 0 Å². The summed E-state index contributed by atoms with van der Waals surface area (Å²) in [6.45, 7) is 8.81. The molecule has 0 fully saturated rings. The molecule has 18 heavy (non-hydrogen) atoms. The number of nitrogens with one attached hydrogen (secondary N) is 1. The zero-order chi connectivity index (χ0) is 13.7. The van der Waals surface area contributed by atoms with Crippen LogP contribution in [0.3, 0.4) is 0 Å². The highest BCUT2D eigenvalue weighted by Gasteiger charge is 2.18. The standard InChI is InChI=1S/C15H25NOS/c1-10-6-7-11(2)14(8-10)12(3)16-13(4)15(9-17)18-5/h6-8,12-13,15-17H,9H2,1-5H3. The molecular formula is C15H25NOS. The van der Waals surface area contributed by atoms with Crippen LogP contribution in [0, 0.1) is 13.8 Å². The highest BCUT2D eigenvalue weighted by molar-refractivity contribution is 7.99. The van der Waals surface area contributed by atoms with Crippen LogP contribution in [0.25, 0.3) is 0 Å². The predicted molar refractivity (Wildman–Crippen MR) is 81.3 cm³/mol. The van der Waals surface area contributed by atoms with Crippen LogP contribution < -0.4 is 5.32 Å². The molecule has 0 aromatic heterocycles. The van der Waals surface area contributed by atoms with Crippen LogP contribution in [-0.2, 0) is 0 Å². The van der Waals surface area contributed by atoms with E-state index < -0.39 is 0 Å². The van der Waals surface area contributed by atoms with Gasteiger partial charge in [0, 0.05) is 17.3 Å². The fraction of sp³-hybridized carbons (Fsp3) is 0.600. The number of aliphatic hydroxyl groups excluding tert-OH is 1. The molecule has 0 aliphatic carbocycles. The van der Waals surface area contributed by atoms with Crippen LogP contribution in [0.15, 0.2) is 18.2 Å². The van der Waals surface area contributed by atoms with Gasteiger partial charge in [-0.15, -0.1) is 0 Å². The first-order valence-electron chi connectivity index (χ1n) is 6.46. The summed E-state index contributed by atoms with van der Waals surface area (Å²) in [5.74, 6) is 0. The lowest BCUT2D eigenvalue weighted by Crippen LogP contribution is -2.39. The number of hydrogen-bond donors (Lipinski definition) is 2. The van der Waals surface area contributed by atoms with Gasteiger partial charge < -0.3 is 10.4 Å². The Hall–Kier alpha value is -0.510. The Morgan fingerprint density at radius 3 is 2.50 bits per heavy atom. The van der Waals surface area contributed by atoms with Crippen LogP contribution in [-0.4, -0.2) is 29.3 Å². The maximum Gasteiger partial charge on any atom is 0.0564 e. The van der Waals surface area contributed by atoms with Crippen molar-refractivity contribution in [3.8, 4) is 0 Å². The molecule has 0 aliphatic rings. The van der Waals surface area contributed by atoms with Gasteiger partial charge in [0.25, 0.3) is 0 Å². The third-order valence-corrected chi connectivity index (χ3v) is 4.62. The molecule has 0 spiro atoms. The van der Waals surface area contributed by atoms with Crippen molar-refractivity contribution in [1.29, 1.82) is 0 Å². The first-order chi connectivity index (χ1) is 8.49. The topological polar surface area (TPSA) is 32.3 Å². The number of aryl methyl sites for hydroxylation is 2. The van der Waals surface area contributed by atoms with Crippen molar-refractivity contribution < 1.29 is 5.11 Å². The summed E-state index contributed by atoms with van der Waals surface area (Å²) in [6, 6.07) is 7.16. The molecule has 0 amide bonds. The van der Waals surface area contributed by atoms with Crippen LogP contribution >= 0.6 is 11.8 Å². The molecule has 0 saturated heterocycles. The molecule has 3 atom stereocenters. The Morgan fingerprint density at radius 2 is 1.94 bits per heavy atom. The van der Waals surface area contributed by atoms with Gasteiger partial charge in [0.15, 0.2) is 0 Å². The highest BCUT2D eigenvalue weighted by Crippen LogP contribution is 2.21. The first-order valence-corrected chi connectivity index (χ1v) is 7.75. The van der Waals surface area contributed by atoms with E-state index in [4.69, 9.17) is 0 Å². The van der Waals surface area contributed by atoms with Gasteiger partial charge in [-0.25, -0.2) is 0 Å². The lowest BCUT2D eigenvalue weighted by molar-refractivity contribution is 0.271. The summed E-state index contributed by atoms with van der Waals surface area (Å²) in [5.41, 5.74) is 3.96. The molecule has 1 rings (SSSR count). The predicted octanol–water partition coefficient (Wildman–Crippen LogP) is 3.07. The normalized spacial score (nSPS) is 16.3. The molecule has 2 nitrogen and oxygen atoms in total. The minimum Gasteiger partial charge on any atom is -0.395 e. The molecule has 0 radical (unpaired) electrons. The van der Waals surface area contributed by atoms with Gasteiger partial charge in [-0.3, -0.25) is 0 Å².